The average Bonchev–Trinajstić information content (AvgIpc) is 4.17. The first-order valence-corrected chi connectivity index (χ1v) is 24.0. The number of hydrogen-bond acceptors (Lipinski definition) is 10. The predicted molar refractivity (Wildman–Crippen MR) is 251 cm³/mol. The zero-order chi connectivity index (χ0) is 46.4. The van der Waals surface area contributed by atoms with Gasteiger partial charge in [-0.25, -0.2) is 9.78 Å². The van der Waals surface area contributed by atoms with Gasteiger partial charge in [-0.05, 0) is 120 Å². The summed E-state index contributed by atoms with van der Waals surface area (Å²) < 4.78 is 22.1. The Kier molecular flexibility index (Phi) is 13.0. The summed E-state index contributed by atoms with van der Waals surface area (Å²) in [6, 6.07) is 14.0. The van der Waals surface area contributed by atoms with Crippen LogP contribution in [0.2, 0.25) is 0 Å². The quantitative estimate of drug-likeness (QED) is 0.132. The van der Waals surface area contributed by atoms with Crippen molar-refractivity contribution >= 4 is 46.0 Å². The number of amides is 3. The molecule has 0 bridgehead atoms. The van der Waals surface area contributed by atoms with Crippen molar-refractivity contribution in [1.82, 2.24) is 25.1 Å². The summed E-state index contributed by atoms with van der Waals surface area (Å²) in [6.45, 7) is 11.9. The zero-order valence-electron chi connectivity index (χ0n) is 39.4. The number of aliphatic imine (C=N–C) groups is 1. The van der Waals surface area contributed by atoms with Crippen LogP contribution >= 0.6 is 0 Å². The number of nitrogens with one attached hydrogen (secondary N) is 2. The molecule has 1 unspecified atom stereocenters. The van der Waals surface area contributed by atoms with Crippen LogP contribution in [0.3, 0.4) is 0 Å². The molecule has 14 nitrogen and oxygen atoms in total. The molecule has 5 aliphatic heterocycles. The summed E-state index contributed by atoms with van der Waals surface area (Å²) in [5.41, 5.74) is 8.12. The summed E-state index contributed by atoms with van der Waals surface area (Å²) >= 11 is 0. The Hall–Kier alpha value is -5.76. The van der Waals surface area contributed by atoms with Crippen molar-refractivity contribution in [2.24, 2.45) is 28.7 Å². The number of rotatable bonds is 12. The van der Waals surface area contributed by atoms with Crippen molar-refractivity contribution in [3.8, 4) is 28.1 Å². The van der Waals surface area contributed by atoms with Crippen molar-refractivity contribution in [3.05, 3.63) is 65.6 Å². The van der Waals surface area contributed by atoms with Gasteiger partial charge in [0.25, 0.3) is 0 Å². The van der Waals surface area contributed by atoms with Gasteiger partial charge in [-0.15, -0.1) is 0 Å². The second-order valence-corrected chi connectivity index (χ2v) is 19.4. The number of hydrogen-bond donors (Lipinski definition) is 2. The van der Waals surface area contributed by atoms with Crippen molar-refractivity contribution in [3.63, 3.8) is 0 Å². The molecule has 66 heavy (non-hydrogen) atoms. The fraction of sp³-hybridized carbons (Fsp3) is 0.538. The number of imidazole rings is 1. The first-order valence-electron chi connectivity index (χ1n) is 24.0. The van der Waals surface area contributed by atoms with Crippen molar-refractivity contribution in [2.45, 2.75) is 129 Å². The fourth-order valence-electron chi connectivity index (χ4n) is 11.4. The molecule has 0 radical (unpaired) electrons. The number of ether oxygens (including phenoxy) is 4. The van der Waals surface area contributed by atoms with Crippen LogP contribution in [-0.4, -0.2) is 101 Å². The van der Waals surface area contributed by atoms with E-state index in [1.54, 1.807) is 0 Å². The third kappa shape index (κ3) is 8.45. The summed E-state index contributed by atoms with van der Waals surface area (Å²) in [7, 11) is 2.70. The lowest BCUT2D eigenvalue weighted by Gasteiger charge is -2.39. The van der Waals surface area contributed by atoms with Crippen molar-refractivity contribution < 1.29 is 38.1 Å². The van der Waals surface area contributed by atoms with Crippen molar-refractivity contribution in [1.29, 1.82) is 0 Å². The van der Waals surface area contributed by atoms with Crippen molar-refractivity contribution in [2.75, 3.05) is 27.4 Å². The number of alkyl carbamates (subject to hydrolysis) is 1. The summed E-state index contributed by atoms with van der Waals surface area (Å²) in [5, 5.41) is 4.94. The lowest BCUT2D eigenvalue weighted by atomic mass is 9.82. The van der Waals surface area contributed by atoms with E-state index in [-0.39, 0.29) is 60.2 Å². The lowest BCUT2D eigenvalue weighted by molar-refractivity contribution is -0.150. The smallest absolute Gasteiger partial charge is 0.407 e. The molecule has 3 aromatic carbocycles. The zero-order valence-corrected chi connectivity index (χ0v) is 39.4. The molecule has 3 saturated heterocycles. The van der Waals surface area contributed by atoms with Crippen LogP contribution in [0.4, 0.5) is 10.5 Å². The third-order valence-corrected chi connectivity index (χ3v) is 15.3. The van der Waals surface area contributed by atoms with E-state index in [2.05, 4.69) is 71.5 Å². The first kappa shape index (κ1) is 45.4. The highest BCUT2D eigenvalue weighted by molar-refractivity contribution is 6.06. The highest BCUT2D eigenvalue weighted by atomic mass is 16.5. The number of aromatic amines is 1. The predicted octanol–water partition coefficient (Wildman–Crippen LogP) is 8.86. The number of nitrogens with zero attached hydrogens (tertiary/aromatic N) is 4. The number of fused-ring (bicyclic) bond motifs is 6. The molecule has 9 rings (SSSR count). The third-order valence-electron chi connectivity index (χ3n) is 15.3. The van der Waals surface area contributed by atoms with Crippen LogP contribution in [0.5, 0.6) is 5.75 Å². The average molecular weight is 901 g/mol. The maximum atomic E-state index is 14.9. The van der Waals surface area contributed by atoms with E-state index in [9.17, 15) is 19.2 Å². The van der Waals surface area contributed by atoms with Gasteiger partial charge >= 0.3 is 12.1 Å². The molecule has 7 atom stereocenters. The molecule has 0 aliphatic carbocycles. The summed E-state index contributed by atoms with van der Waals surface area (Å²) in [6.07, 6.45) is 7.72. The minimum absolute atomic E-state index is 0.0132. The Morgan fingerprint density at radius 2 is 1.68 bits per heavy atom. The molecule has 2 N–H and O–H groups in total. The number of esters is 1. The largest absolute Gasteiger partial charge is 0.488 e. The number of methoxy groups -OCH3 is 2. The Bertz CT molecular complexity index is 2540. The van der Waals surface area contributed by atoms with Crippen LogP contribution in [-0.2, 0) is 41.6 Å². The highest BCUT2D eigenvalue weighted by Gasteiger charge is 2.47. The number of likely N-dealkylation sites (tertiary alicyclic amines) is 2. The molecule has 5 aliphatic rings. The van der Waals surface area contributed by atoms with Crippen LogP contribution in [0.1, 0.15) is 109 Å². The molecule has 0 saturated carbocycles. The topological polar surface area (TPSA) is 165 Å². The number of H-pyrrole nitrogens is 1. The standard InChI is InChI=1S/C52H64N6O8/c1-8-29(4)43-15-16-44(58(43)50(60)37(25-47(59)63-6)31-17-19-65-20-18-31)41-23-38-36-24-46-39(22-32(36)11-13-40(38)54-41)35-12-10-33(21-34(35)27-66-46)42-26-53-49(55-42)45-14-9-30(5)57(45)51(61)48(28(2)3)56-52(62)64-7/h10-13,21-22,24,26,28-31,37,43-45,48H,8-9,14-20,23,25,27H2,1-7H3,(H,53,55)(H,56,62)/t29?,30-,37-,43+,44-,45-,48-/m0/s1. The summed E-state index contributed by atoms with van der Waals surface area (Å²) in [5.74, 6) is 0.891. The van der Waals surface area contributed by atoms with E-state index >= 15 is 0 Å². The van der Waals surface area contributed by atoms with E-state index in [0.717, 1.165) is 106 Å². The second-order valence-electron chi connectivity index (χ2n) is 19.4. The van der Waals surface area contributed by atoms with E-state index in [1.165, 1.54) is 14.2 Å². The Labute approximate surface area is 387 Å². The molecule has 0 spiro atoms. The summed E-state index contributed by atoms with van der Waals surface area (Å²) in [4.78, 5) is 71.3. The number of carbonyl (C=O) groups excluding carboxylic acids is 4. The van der Waals surface area contributed by atoms with Gasteiger partial charge in [-0.1, -0.05) is 52.3 Å². The maximum absolute atomic E-state index is 14.9. The highest BCUT2D eigenvalue weighted by Crippen LogP contribution is 2.46. The maximum Gasteiger partial charge on any atom is 0.407 e. The fourth-order valence-corrected chi connectivity index (χ4v) is 11.4. The van der Waals surface area contributed by atoms with Gasteiger partial charge in [0.2, 0.25) is 11.8 Å². The Morgan fingerprint density at radius 3 is 2.42 bits per heavy atom. The molecule has 350 valence electrons. The van der Waals surface area contributed by atoms with Gasteiger partial charge in [-0.2, -0.15) is 0 Å². The van der Waals surface area contributed by atoms with Gasteiger partial charge in [0, 0.05) is 43.0 Å². The Morgan fingerprint density at radius 1 is 0.894 bits per heavy atom. The minimum atomic E-state index is -0.716. The number of benzene rings is 3. The SMILES string of the molecule is CCC(C)[C@H]1CC[C@@H](C2=Nc3ccc4cc5c(cc4c3C2)OCc2cc(-c3cnc([C@@H]4CC[C@H](C)N4C(=O)[C@@H](NC(=O)OC)C(C)C)[nH]3)ccc2-5)N1C(=O)[C@@H](CC(=O)OC)C1CCOCC1. The second kappa shape index (κ2) is 18.9. The molecule has 1 aromatic heterocycles. The van der Waals surface area contributed by atoms with E-state index < -0.39 is 18.1 Å². The molecule has 3 fully saturated rings. The normalized spacial score (nSPS) is 22.8. The molecule has 14 heteroatoms. The van der Waals surface area contributed by atoms with Gasteiger partial charge in [0.1, 0.15) is 24.2 Å². The number of aromatic nitrogens is 2. The molecule has 4 aromatic rings. The van der Waals surface area contributed by atoms with Gasteiger partial charge < -0.3 is 39.0 Å². The van der Waals surface area contributed by atoms with Gasteiger partial charge in [0.15, 0.2) is 0 Å². The first-order chi connectivity index (χ1) is 31.9. The van der Waals surface area contributed by atoms with Crippen LogP contribution < -0.4 is 10.1 Å². The van der Waals surface area contributed by atoms with Crippen LogP contribution in [0.25, 0.3) is 33.2 Å². The molecular formula is C52H64N6O8. The molecule has 3 amide bonds. The van der Waals surface area contributed by atoms with E-state index in [4.69, 9.17) is 28.9 Å². The monoisotopic (exact) mass is 900 g/mol. The van der Waals surface area contributed by atoms with E-state index in [1.807, 2.05) is 31.9 Å². The van der Waals surface area contributed by atoms with E-state index in [0.29, 0.717) is 38.0 Å². The van der Waals surface area contributed by atoms with Gasteiger partial charge in [-0.3, -0.25) is 19.4 Å². The van der Waals surface area contributed by atoms with Crippen LogP contribution in [0, 0.1) is 23.7 Å². The molecule has 6 heterocycles. The van der Waals surface area contributed by atoms with Crippen LogP contribution in [0.15, 0.2) is 53.7 Å². The van der Waals surface area contributed by atoms with Gasteiger partial charge in [0.05, 0.1) is 56.2 Å². The lowest BCUT2D eigenvalue weighted by Crippen LogP contribution is -2.52. The minimum Gasteiger partial charge on any atom is -0.488 e. The molecular weight excluding hydrogens is 837 g/mol. The number of carbonyl (C=O) groups is 4. The Balaban J connectivity index is 0.950.